The summed E-state index contributed by atoms with van der Waals surface area (Å²) in [4.78, 5) is 0. The monoisotopic (exact) mass is 454 g/mol. The maximum Gasteiger partial charge on any atom is 0.431 e. The summed E-state index contributed by atoms with van der Waals surface area (Å²) < 4.78 is 178. The van der Waals surface area contributed by atoms with Gasteiger partial charge in [-0.2, -0.15) is 65.3 Å². The van der Waals surface area contributed by atoms with Crippen molar-refractivity contribution in [3.8, 4) is 0 Å². The van der Waals surface area contributed by atoms with E-state index in [-0.39, 0.29) is 5.75 Å². The Bertz CT molecular complexity index is 402. The third kappa shape index (κ3) is 5.68. The second kappa shape index (κ2) is 8.01. The molecule has 0 atom stereocenters. The Labute approximate surface area is 148 Å². The second-order valence-electron chi connectivity index (χ2n) is 5.73. The molecule has 0 N–H and O–H groups in total. The molecule has 0 aromatic heterocycles. The molecule has 0 saturated carbocycles. The van der Waals surface area contributed by atoms with E-state index in [0.29, 0.717) is 0 Å². The maximum atomic E-state index is 13.7. The van der Waals surface area contributed by atoms with Crippen molar-refractivity contribution in [3.63, 3.8) is 0 Å². The van der Waals surface area contributed by atoms with Crippen molar-refractivity contribution >= 4 is 12.6 Å². The van der Waals surface area contributed by atoms with Crippen LogP contribution in [0.5, 0.6) is 0 Å². The van der Waals surface area contributed by atoms with Crippen LogP contribution in [-0.2, 0) is 0 Å². The highest BCUT2D eigenvalue weighted by molar-refractivity contribution is 7.80. The lowest BCUT2D eigenvalue weighted by Gasteiger charge is -2.37. The average Bonchev–Trinajstić information content (AvgIpc) is 2.39. The maximum absolute atomic E-state index is 13.7. The van der Waals surface area contributed by atoms with Gasteiger partial charge in [0, 0.05) is 12.8 Å². The average molecular weight is 454 g/mol. The lowest BCUT2D eigenvalue weighted by molar-refractivity contribution is -0.356. The van der Waals surface area contributed by atoms with Gasteiger partial charge in [0.25, 0.3) is 11.3 Å². The van der Waals surface area contributed by atoms with Crippen LogP contribution in [0.25, 0.3) is 0 Å². The summed E-state index contributed by atoms with van der Waals surface area (Å²) in [7, 11) is 0. The molecule has 0 fully saturated rings. The van der Waals surface area contributed by atoms with Gasteiger partial charge in [-0.15, -0.1) is 0 Å². The molecule has 0 nitrogen and oxygen atoms in total. The van der Waals surface area contributed by atoms with Crippen LogP contribution in [0.2, 0.25) is 0 Å². The van der Waals surface area contributed by atoms with E-state index >= 15 is 0 Å². The first-order chi connectivity index (χ1) is 11.6. The third-order valence-corrected chi connectivity index (χ3v) is 4.02. The fraction of sp³-hybridized carbons (Fsp3) is 1.00. The Morgan fingerprint density at radius 2 is 0.778 bits per heavy atom. The largest absolute Gasteiger partial charge is 0.431 e. The molecule has 0 aromatic rings. The molecule has 0 aliphatic heterocycles. The molecule has 27 heavy (non-hydrogen) atoms. The van der Waals surface area contributed by atoms with E-state index in [1.165, 1.54) is 0 Å². The Morgan fingerprint density at radius 1 is 0.519 bits per heavy atom. The molecule has 0 amide bonds. The summed E-state index contributed by atoms with van der Waals surface area (Å²) in [5, 5.41) is 0. The molecule has 0 heterocycles. The predicted octanol–water partition coefficient (Wildman–Crippen LogP) is 6.76. The van der Waals surface area contributed by atoms with Crippen molar-refractivity contribution in [1.82, 2.24) is 0 Å². The van der Waals surface area contributed by atoms with Crippen LogP contribution >= 0.6 is 12.6 Å². The smallest absolute Gasteiger partial charge is 0.224 e. The zero-order chi connectivity index (χ0) is 22.1. The minimum absolute atomic E-state index is 0.370. The summed E-state index contributed by atoms with van der Waals surface area (Å²) in [5.41, 5.74) is -12.2. The van der Waals surface area contributed by atoms with Gasteiger partial charge in [-0.25, -0.2) is 8.78 Å². The minimum atomic E-state index is -6.69. The number of hydrogen-bond acceptors (Lipinski definition) is 1. The van der Waals surface area contributed by atoms with Gasteiger partial charge in [-0.3, -0.25) is 0 Å². The van der Waals surface area contributed by atoms with Gasteiger partial charge in [0.1, 0.15) is 0 Å². The summed E-state index contributed by atoms with van der Waals surface area (Å²) in [6, 6.07) is 0. The van der Waals surface area contributed by atoms with Crippen LogP contribution < -0.4 is 0 Å². The van der Waals surface area contributed by atoms with Crippen LogP contribution in [0, 0.1) is 5.92 Å². The van der Waals surface area contributed by atoms with Crippen molar-refractivity contribution in [2.24, 2.45) is 5.92 Å². The Kier molecular flexibility index (Phi) is 7.82. The fourth-order valence-corrected chi connectivity index (χ4v) is 2.42. The molecule has 0 aliphatic rings. The van der Waals surface area contributed by atoms with E-state index in [2.05, 4.69) is 12.6 Å². The van der Waals surface area contributed by atoms with Crippen molar-refractivity contribution in [2.45, 2.75) is 61.7 Å². The lowest BCUT2D eigenvalue weighted by Crippen LogP contribution is -2.57. The van der Waals surface area contributed by atoms with Crippen LogP contribution in [0.4, 0.5) is 61.5 Å². The first-order valence-electron chi connectivity index (χ1n) is 6.89. The molecule has 0 spiro atoms. The zero-order valence-electron chi connectivity index (χ0n) is 12.9. The molecule has 15 heteroatoms. The van der Waals surface area contributed by atoms with Crippen molar-refractivity contribution < 1.29 is 61.5 Å². The summed E-state index contributed by atoms with van der Waals surface area (Å²) in [5.74, 6) is -3.26. The second-order valence-corrected chi connectivity index (χ2v) is 6.18. The van der Waals surface area contributed by atoms with E-state index in [9.17, 15) is 61.5 Å². The molecule has 164 valence electrons. The number of thiol groups is 1. The van der Waals surface area contributed by atoms with Crippen LogP contribution in [0.1, 0.15) is 25.7 Å². The summed E-state index contributed by atoms with van der Waals surface area (Å²) >= 11 is 3.47. The summed E-state index contributed by atoms with van der Waals surface area (Å²) in [6.45, 7) is 0. The highest BCUT2D eigenvalue weighted by atomic mass is 32.1. The van der Waals surface area contributed by atoms with Gasteiger partial charge in [0.05, 0.1) is 0 Å². The quantitative estimate of drug-likeness (QED) is 0.319. The minimum Gasteiger partial charge on any atom is -0.224 e. The van der Waals surface area contributed by atoms with Crippen LogP contribution in [-0.4, -0.2) is 41.8 Å². The molecular formula is C12H12F14S. The molecule has 0 unspecified atom stereocenters. The van der Waals surface area contributed by atoms with E-state index in [1.807, 2.05) is 0 Å². The standard InChI is InChI=1S/C12H12F14S/c13-7(9(15,16)17,10(18,19)20)4-6(2-1-3-27)5-8(14,11(21,22)23)12(24,25)26/h6,27H,1-5H2. The third-order valence-electron chi connectivity index (χ3n) is 3.71. The van der Waals surface area contributed by atoms with Gasteiger partial charge in [0.2, 0.25) is 0 Å². The number of alkyl halides is 14. The summed E-state index contributed by atoms with van der Waals surface area (Å²) in [6.07, 6.45) is -34.2. The number of halogens is 14. The van der Waals surface area contributed by atoms with Crippen molar-refractivity contribution in [2.75, 3.05) is 5.75 Å². The van der Waals surface area contributed by atoms with Gasteiger partial charge in [-0.05, 0) is 24.5 Å². The van der Waals surface area contributed by atoms with Gasteiger partial charge in [0.15, 0.2) is 0 Å². The SMILES string of the molecule is FC(F)(F)C(F)(CC(CCCS)CC(F)(C(F)(F)F)C(F)(F)F)C(F)(F)F. The van der Waals surface area contributed by atoms with E-state index in [0.717, 1.165) is 0 Å². The zero-order valence-corrected chi connectivity index (χ0v) is 13.7. The van der Waals surface area contributed by atoms with E-state index in [1.54, 1.807) is 0 Å². The first-order valence-corrected chi connectivity index (χ1v) is 7.53. The molecule has 0 rings (SSSR count). The van der Waals surface area contributed by atoms with Gasteiger partial charge >= 0.3 is 24.7 Å². The molecule has 0 bridgehead atoms. The highest BCUT2D eigenvalue weighted by Crippen LogP contribution is 2.54. The number of rotatable bonds is 7. The van der Waals surface area contributed by atoms with Gasteiger partial charge < -0.3 is 0 Å². The first kappa shape index (κ1) is 26.4. The Morgan fingerprint density at radius 3 is 0.963 bits per heavy atom. The van der Waals surface area contributed by atoms with Crippen molar-refractivity contribution in [3.05, 3.63) is 0 Å². The Balaban J connectivity index is 6.07. The topological polar surface area (TPSA) is 0 Å². The molecule has 0 aromatic carbocycles. The normalized spacial score (nSPS) is 15.6. The van der Waals surface area contributed by atoms with Crippen molar-refractivity contribution in [1.29, 1.82) is 0 Å². The van der Waals surface area contributed by atoms with E-state index in [4.69, 9.17) is 0 Å². The lowest BCUT2D eigenvalue weighted by atomic mass is 9.80. The van der Waals surface area contributed by atoms with E-state index < -0.39 is 67.6 Å². The molecule has 0 radical (unpaired) electrons. The number of hydrogen-bond donors (Lipinski definition) is 1. The predicted molar refractivity (Wildman–Crippen MR) is 67.7 cm³/mol. The molecule has 0 aliphatic carbocycles. The molecular weight excluding hydrogens is 442 g/mol. The molecule has 0 saturated heterocycles. The highest BCUT2D eigenvalue weighted by Gasteiger charge is 2.75. The van der Waals surface area contributed by atoms with Crippen LogP contribution in [0.15, 0.2) is 0 Å². The van der Waals surface area contributed by atoms with Crippen LogP contribution in [0.3, 0.4) is 0 Å². The fourth-order valence-electron chi connectivity index (χ4n) is 2.24. The van der Waals surface area contributed by atoms with Gasteiger partial charge in [-0.1, -0.05) is 0 Å². The Hall–Kier alpha value is -0.630.